The molecule has 2 heteroatoms. The topological polar surface area (TPSA) is 23.5 Å². The van der Waals surface area contributed by atoms with Gasteiger partial charge in [0.05, 0.1) is 5.60 Å². The zero-order valence-electron chi connectivity index (χ0n) is 14.2. The summed E-state index contributed by atoms with van der Waals surface area (Å²) in [4.78, 5) is 2.39. The summed E-state index contributed by atoms with van der Waals surface area (Å²) in [6, 6.07) is 21.8. The minimum absolute atomic E-state index is 0.0959. The van der Waals surface area contributed by atoms with Crippen molar-refractivity contribution in [2.24, 2.45) is 0 Å². The number of benzene rings is 2. The Balaban J connectivity index is 1.88. The summed E-state index contributed by atoms with van der Waals surface area (Å²) < 4.78 is 0. The van der Waals surface area contributed by atoms with Crippen molar-refractivity contribution in [1.82, 2.24) is 4.90 Å². The Morgan fingerprint density at radius 2 is 1.30 bits per heavy atom. The molecule has 122 valence electrons. The summed E-state index contributed by atoms with van der Waals surface area (Å²) in [7, 11) is 0. The van der Waals surface area contributed by atoms with E-state index in [1.54, 1.807) is 0 Å². The minimum atomic E-state index is -0.626. The van der Waals surface area contributed by atoms with Gasteiger partial charge in [0, 0.05) is 12.0 Å². The number of hydrogen-bond acceptors (Lipinski definition) is 2. The van der Waals surface area contributed by atoms with Gasteiger partial charge in [0.2, 0.25) is 0 Å². The molecule has 23 heavy (non-hydrogen) atoms. The van der Waals surface area contributed by atoms with E-state index in [2.05, 4.69) is 65.6 Å². The van der Waals surface area contributed by atoms with Crippen molar-refractivity contribution in [3.8, 4) is 0 Å². The van der Waals surface area contributed by atoms with Gasteiger partial charge in [0.25, 0.3) is 0 Å². The van der Waals surface area contributed by atoms with E-state index >= 15 is 0 Å². The Kier molecular flexibility index (Phi) is 4.56. The zero-order chi connectivity index (χ0) is 16.3. The highest BCUT2D eigenvalue weighted by atomic mass is 16.3. The van der Waals surface area contributed by atoms with Crippen molar-refractivity contribution < 1.29 is 5.11 Å². The maximum Gasteiger partial charge on any atom is 0.0718 e. The lowest BCUT2D eigenvalue weighted by atomic mass is 9.68. The van der Waals surface area contributed by atoms with Gasteiger partial charge in [0.1, 0.15) is 0 Å². The fourth-order valence-electron chi connectivity index (χ4n) is 3.90. The van der Waals surface area contributed by atoms with Crippen LogP contribution in [0.4, 0.5) is 0 Å². The van der Waals surface area contributed by atoms with E-state index in [-0.39, 0.29) is 5.41 Å². The normalized spacial score (nSPS) is 18.7. The molecule has 1 heterocycles. The standard InChI is InChI=1S/C21H27NO/c1-20(2,23)17-22-15-13-21(14-16-22,18-9-5-3-6-10-18)19-11-7-4-8-12-19/h3-12,23H,13-17H2,1-2H3. The monoisotopic (exact) mass is 309 g/mol. The van der Waals surface area contributed by atoms with Gasteiger partial charge >= 0.3 is 0 Å². The van der Waals surface area contributed by atoms with E-state index < -0.39 is 5.60 Å². The summed E-state index contributed by atoms with van der Waals surface area (Å²) in [6.07, 6.45) is 2.19. The van der Waals surface area contributed by atoms with Gasteiger partial charge in [-0.2, -0.15) is 0 Å². The highest BCUT2D eigenvalue weighted by molar-refractivity contribution is 5.40. The van der Waals surface area contributed by atoms with Crippen molar-refractivity contribution in [2.75, 3.05) is 19.6 Å². The van der Waals surface area contributed by atoms with Gasteiger partial charge in [-0.15, -0.1) is 0 Å². The van der Waals surface area contributed by atoms with E-state index in [0.29, 0.717) is 0 Å². The Bertz CT molecular complexity index is 566. The smallest absolute Gasteiger partial charge is 0.0718 e. The molecule has 1 saturated heterocycles. The molecule has 1 aliphatic rings. The van der Waals surface area contributed by atoms with Crippen LogP contribution in [0.5, 0.6) is 0 Å². The fraction of sp³-hybridized carbons (Fsp3) is 0.429. The number of likely N-dealkylation sites (tertiary alicyclic amines) is 1. The first-order valence-corrected chi connectivity index (χ1v) is 8.55. The van der Waals surface area contributed by atoms with Crippen molar-refractivity contribution in [2.45, 2.75) is 37.7 Å². The predicted octanol–water partition coefficient (Wildman–Crippen LogP) is 3.84. The van der Waals surface area contributed by atoms with Gasteiger partial charge in [-0.1, -0.05) is 60.7 Å². The summed E-state index contributed by atoms with van der Waals surface area (Å²) in [5, 5.41) is 10.1. The summed E-state index contributed by atoms with van der Waals surface area (Å²) >= 11 is 0. The molecule has 0 saturated carbocycles. The van der Waals surface area contributed by atoms with E-state index in [9.17, 15) is 5.11 Å². The fourth-order valence-corrected chi connectivity index (χ4v) is 3.90. The van der Waals surface area contributed by atoms with Gasteiger partial charge < -0.3 is 10.0 Å². The molecular formula is C21H27NO. The Labute approximate surface area is 139 Å². The van der Waals surface area contributed by atoms with E-state index in [1.807, 2.05) is 13.8 Å². The molecule has 0 bridgehead atoms. The Morgan fingerprint density at radius 3 is 1.70 bits per heavy atom. The number of nitrogens with zero attached hydrogens (tertiary/aromatic N) is 1. The van der Waals surface area contributed by atoms with E-state index in [0.717, 1.165) is 32.5 Å². The molecule has 1 aliphatic heterocycles. The lowest BCUT2D eigenvalue weighted by Gasteiger charge is -2.44. The van der Waals surface area contributed by atoms with Crippen LogP contribution >= 0.6 is 0 Å². The molecule has 2 aromatic rings. The van der Waals surface area contributed by atoms with Crippen molar-refractivity contribution in [1.29, 1.82) is 0 Å². The molecule has 0 amide bonds. The molecule has 0 aromatic heterocycles. The van der Waals surface area contributed by atoms with E-state index in [1.165, 1.54) is 11.1 Å². The first-order valence-electron chi connectivity index (χ1n) is 8.55. The van der Waals surface area contributed by atoms with Gasteiger partial charge in [0.15, 0.2) is 0 Å². The van der Waals surface area contributed by atoms with Crippen LogP contribution in [-0.2, 0) is 5.41 Å². The van der Waals surface area contributed by atoms with Crippen LogP contribution in [0.2, 0.25) is 0 Å². The SMILES string of the molecule is CC(C)(O)CN1CCC(c2ccccc2)(c2ccccc2)CC1. The number of β-amino-alcohol motifs (C(OH)–C–C–N with tert-alkyl or cyclic N) is 1. The molecule has 0 unspecified atom stereocenters. The van der Waals surface area contributed by atoms with Gasteiger partial charge in [-0.3, -0.25) is 0 Å². The summed E-state index contributed by atoms with van der Waals surface area (Å²) in [5.41, 5.74) is 2.29. The third-order valence-corrected chi connectivity index (χ3v) is 4.97. The Hall–Kier alpha value is -1.64. The predicted molar refractivity (Wildman–Crippen MR) is 95.6 cm³/mol. The molecule has 0 atom stereocenters. The van der Waals surface area contributed by atoms with Crippen LogP contribution in [0.1, 0.15) is 37.8 Å². The number of hydrogen-bond donors (Lipinski definition) is 1. The number of piperidine rings is 1. The molecule has 0 radical (unpaired) electrons. The first-order chi connectivity index (χ1) is 11.0. The average molecular weight is 309 g/mol. The molecule has 2 aromatic carbocycles. The van der Waals surface area contributed by atoms with Gasteiger partial charge in [-0.25, -0.2) is 0 Å². The Morgan fingerprint density at radius 1 is 0.870 bits per heavy atom. The molecule has 1 fully saturated rings. The summed E-state index contributed by atoms with van der Waals surface area (Å²) in [6.45, 7) is 6.57. The average Bonchev–Trinajstić information content (AvgIpc) is 2.56. The van der Waals surface area contributed by atoms with Crippen molar-refractivity contribution in [3.05, 3.63) is 71.8 Å². The van der Waals surface area contributed by atoms with Crippen LogP contribution in [-0.4, -0.2) is 35.2 Å². The first kappa shape index (κ1) is 16.2. The maximum atomic E-state index is 10.1. The lowest BCUT2D eigenvalue weighted by molar-refractivity contribution is 0.0237. The maximum absolute atomic E-state index is 10.1. The molecule has 0 aliphatic carbocycles. The van der Waals surface area contributed by atoms with E-state index in [4.69, 9.17) is 0 Å². The molecule has 2 nitrogen and oxygen atoms in total. The second-order valence-corrected chi connectivity index (χ2v) is 7.40. The lowest BCUT2D eigenvalue weighted by Crippen LogP contribution is -2.47. The molecule has 1 N–H and O–H groups in total. The third kappa shape index (κ3) is 3.65. The van der Waals surface area contributed by atoms with Gasteiger partial charge in [-0.05, 0) is 50.9 Å². The second kappa shape index (κ2) is 6.46. The second-order valence-electron chi connectivity index (χ2n) is 7.40. The number of rotatable bonds is 4. The minimum Gasteiger partial charge on any atom is -0.389 e. The number of aliphatic hydroxyl groups is 1. The van der Waals surface area contributed by atoms with Crippen LogP contribution in [0.3, 0.4) is 0 Å². The molecule has 3 rings (SSSR count). The largest absolute Gasteiger partial charge is 0.389 e. The summed E-state index contributed by atoms with van der Waals surface area (Å²) in [5.74, 6) is 0. The van der Waals surface area contributed by atoms with Crippen molar-refractivity contribution in [3.63, 3.8) is 0 Å². The molecular weight excluding hydrogens is 282 g/mol. The third-order valence-electron chi connectivity index (χ3n) is 4.97. The molecule has 0 spiro atoms. The van der Waals surface area contributed by atoms with Crippen LogP contribution < -0.4 is 0 Å². The van der Waals surface area contributed by atoms with Crippen LogP contribution in [0.15, 0.2) is 60.7 Å². The van der Waals surface area contributed by atoms with Crippen molar-refractivity contribution >= 4 is 0 Å². The zero-order valence-corrected chi connectivity index (χ0v) is 14.2. The highest BCUT2D eigenvalue weighted by Gasteiger charge is 2.38. The van der Waals surface area contributed by atoms with Crippen LogP contribution in [0.25, 0.3) is 0 Å². The quantitative estimate of drug-likeness (QED) is 0.927. The highest BCUT2D eigenvalue weighted by Crippen LogP contribution is 2.41. The van der Waals surface area contributed by atoms with Crippen LogP contribution in [0, 0.1) is 0 Å².